The molecule has 0 saturated heterocycles. The summed E-state index contributed by atoms with van der Waals surface area (Å²) >= 11 is 0. The molecular weight excluding hydrogens is 236 g/mol. The number of carboxylic acid groups (broad SMARTS) is 1. The Morgan fingerprint density at radius 1 is 1.05 bits per heavy atom. The number of allylic oxidation sites excluding steroid dienone is 4. The Morgan fingerprint density at radius 2 is 1.68 bits per heavy atom. The molecule has 2 heteroatoms. The van der Waals surface area contributed by atoms with E-state index in [1.807, 2.05) is 0 Å². The number of hydrogen-bond acceptors (Lipinski definition) is 1. The van der Waals surface area contributed by atoms with Gasteiger partial charge >= 0.3 is 5.97 Å². The summed E-state index contributed by atoms with van der Waals surface area (Å²) in [6, 6.07) is 0. The number of carbonyl (C=O) groups is 1. The Labute approximate surface area is 118 Å². The Kier molecular flexibility index (Phi) is 12.6. The lowest BCUT2D eigenvalue weighted by Gasteiger charge is -2.05. The van der Waals surface area contributed by atoms with Crippen molar-refractivity contribution in [1.82, 2.24) is 0 Å². The van der Waals surface area contributed by atoms with Gasteiger partial charge in [-0.25, -0.2) is 0 Å². The van der Waals surface area contributed by atoms with Crippen LogP contribution in [0.3, 0.4) is 0 Å². The monoisotopic (exact) mass is 266 g/mol. The molecule has 0 rings (SSSR count). The molecule has 0 aromatic heterocycles. The zero-order valence-corrected chi connectivity index (χ0v) is 12.6. The average Bonchev–Trinajstić information content (AvgIpc) is 2.39. The Morgan fingerprint density at radius 3 is 2.26 bits per heavy atom. The molecule has 0 bridgehead atoms. The van der Waals surface area contributed by atoms with Gasteiger partial charge < -0.3 is 5.11 Å². The van der Waals surface area contributed by atoms with Gasteiger partial charge in [0.25, 0.3) is 0 Å². The molecule has 0 aliphatic carbocycles. The molecule has 0 aromatic rings. The van der Waals surface area contributed by atoms with Crippen molar-refractivity contribution in [2.45, 2.75) is 71.6 Å². The molecule has 2 nitrogen and oxygen atoms in total. The largest absolute Gasteiger partial charge is 0.481 e. The minimum Gasteiger partial charge on any atom is -0.481 e. The smallest absolute Gasteiger partial charge is 0.303 e. The van der Waals surface area contributed by atoms with E-state index in [9.17, 15) is 4.79 Å². The maximum Gasteiger partial charge on any atom is 0.303 e. The predicted octanol–water partition coefficient (Wildman–Crippen LogP) is 5.35. The molecule has 0 aromatic carbocycles. The van der Waals surface area contributed by atoms with Crippen molar-refractivity contribution in [2.75, 3.05) is 0 Å². The Hall–Kier alpha value is -1.05. The second-order valence-corrected chi connectivity index (χ2v) is 5.26. The van der Waals surface area contributed by atoms with Gasteiger partial charge in [-0.15, -0.1) is 0 Å². The summed E-state index contributed by atoms with van der Waals surface area (Å²) in [5, 5.41) is 8.47. The first-order valence-corrected chi connectivity index (χ1v) is 7.68. The third-order valence-corrected chi connectivity index (χ3v) is 3.38. The summed E-state index contributed by atoms with van der Waals surface area (Å²) in [4.78, 5) is 10.3. The molecule has 1 unspecified atom stereocenters. The number of aliphatic carboxylic acids is 1. The van der Waals surface area contributed by atoms with Gasteiger partial charge in [-0.2, -0.15) is 0 Å². The predicted molar refractivity (Wildman–Crippen MR) is 82.3 cm³/mol. The quantitative estimate of drug-likeness (QED) is 0.382. The summed E-state index contributed by atoms with van der Waals surface area (Å²) in [5.74, 6) is 0.170. The van der Waals surface area contributed by atoms with Crippen LogP contribution >= 0.6 is 0 Å². The van der Waals surface area contributed by atoms with Gasteiger partial charge in [0.1, 0.15) is 0 Å². The molecule has 1 N–H and O–H groups in total. The van der Waals surface area contributed by atoms with Crippen molar-refractivity contribution in [3.05, 3.63) is 24.3 Å². The average molecular weight is 266 g/mol. The van der Waals surface area contributed by atoms with Gasteiger partial charge in [0.15, 0.2) is 0 Å². The zero-order chi connectivity index (χ0) is 14.3. The fourth-order valence-electron chi connectivity index (χ4n) is 1.84. The summed E-state index contributed by atoms with van der Waals surface area (Å²) < 4.78 is 0. The second-order valence-electron chi connectivity index (χ2n) is 5.26. The zero-order valence-electron chi connectivity index (χ0n) is 12.6. The van der Waals surface area contributed by atoms with Crippen LogP contribution in [0, 0.1) is 5.92 Å². The first kappa shape index (κ1) is 17.9. The molecule has 19 heavy (non-hydrogen) atoms. The standard InChI is InChI=1S/C17H30O2/c1-3-16(2)14-12-10-8-6-4-5-7-9-11-13-15-17(18)19/h4,6-7,9,16H,3,5,8,10-15H2,1-2H3,(H,18,19)/b6-4-,9-7-. The van der Waals surface area contributed by atoms with Crippen molar-refractivity contribution in [3.63, 3.8) is 0 Å². The van der Waals surface area contributed by atoms with E-state index in [-0.39, 0.29) is 6.42 Å². The van der Waals surface area contributed by atoms with Gasteiger partial charge in [-0.3, -0.25) is 4.79 Å². The summed E-state index contributed by atoms with van der Waals surface area (Å²) in [6.45, 7) is 4.58. The number of rotatable bonds is 12. The normalized spacial score (nSPS) is 13.4. The topological polar surface area (TPSA) is 37.3 Å². The van der Waals surface area contributed by atoms with E-state index in [0.717, 1.165) is 25.2 Å². The molecule has 0 heterocycles. The molecule has 0 aliphatic rings. The van der Waals surface area contributed by atoms with Crippen LogP contribution in [-0.2, 0) is 4.79 Å². The van der Waals surface area contributed by atoms with E-state index in [4.69, 9.17) is 5.11 Å². The minimum atomic E-state index is -0.703. The first-order chi connectivity index (χ1) is 9.16. The lowest BCUT2D eigenvalue weighted by molar-refractivity contribution is -0.137. The van der Waals surface area contributed by atoms with E-state index in [0.29, 0.717) is 0 Å². The van der Waals surface area contributed by atoms with E-state index < -0.39 is 5.97 Å². The van der Waals surface area contributed by atoms with Crippen LogP contribution in [0.2, 0.25) is 0 Å². The molecule has 1 atom stereocenters. The summed E-state index contributed by atoms with van der Waals surface area (Å²) in [7, 11) is 0. The van der Waals surface area contributed by atoms with E-state index >= 15 is 0 Å². The second kappa shape index (κ2) is 13.4. The van der Waals surface area contributed by atoms with Crippen LogP contribution in [0.4, 0.5) is 0 Å². The molecule has 0 amide bonds. The van der Waals surface area contributed by atoms with Crippen molar-refractivity contribution in [3.8, 4) is 0 Å². The van der Waals surface area contributed by atoms with E-state index in [1.165, 1.54) is 32.1 Å². The molecular formula is C17H30O2. The molecule has 110 valence electrons. The number of hydrogen-bond donors (Lipinski definition) is 1. The van der Waals surface area contributed by atoms with Crippen LogP contribution in [0.5, 0.6) is 0 Å². The minimum absolute atomic E-state index is 0.274. The third-order valence-electron chi connectivity index (χ3n) is 3.38. The number of unbranched alkanes of at least 4 members (excludes halogenated alkanes) is 3. The van der Waals surface area contributed by atoms with Crippen molar-refractivity contribution >= 4 is 5.97 Å². The highest BCUT2D eigenvalue weighted by atomic mass is 16.4. The number of carboxylic acids is 1. The van der Waals surface area contributed by atoms with Crippen molar-refractivity contribution in [1.29, 1.82) is 0 Å². The summed E-state index contributed by atoms with van der Waals surface area (Å²) in [6.07, 6.45) is 18.0. The van der Waals surface area contributed by atoms with Crippen LogP contribution in [-0.4, -0.2) is 11.1 Å². The van der Waals surface area contributed by atoms with Gasteiger partial charge in [0.2, 0.25) is 0 Å². The maximum atomic E-state index is 10.3. The Balaban J connectivity index is 3.29. The van der Waals surface area contributed by atoms with Crippen molar-refractivity contribution < 1.29 is 9.90 Å². The fourth-order valence-corrected chi connectivity index (χ4v) is 1.84. The molecule has 0 spiro atoms. The molecule has 0 aliphatic heterocycles. The first-order valence-electron chi connectivity index (χ1n) is 7.68. The maximum absolute atomic E-state index is 10.3. The van der Waals surface area contributed by atoms with Crippen LogP contribution in [0.1, 0.15) is 71.6 Å². The molecule has 0 fully saturated rings. The lowest BCUT2D eigenvalue weighted by Crippen LogP contribution is -1.92. The van der Waals surface area contributed by atoms with E-state index in [2.05, 4.69) is 38.2 Å². The SMILES string of the molecule is CCC(C)CCCC/C=C\C/C=C\CCCC(=O)O. The molecule has 0 saturated carbocycles. The molecule has 0 radical (unpaired) electrons. The van der Waals surface area contributed by atoms with Gasteiger partial charge in [-0.05, 0) is 38.0 Å². The van der Waals surface area contributed by atoms with Gasteiger partial charge in [0.05, 0.1) is 0 Å². The highest BCUT2D eigenvalue weighted by Crippen LogP contribution is 2.12. The summed E-state index contributed by atoms with van der Waals surface area (Å²) in [5.41, 5.74) is 0. The lowest BCUT2D eigenvalue weighted by atomic mass is 10.0. The van der Waals surface area contributed by atoms with Crippen LogP contribution in [0.25, 0.3) is 0 Å². The highest BCUT2D eigenvalue weighted by molar-refractivity contribution is 5.66. The van der Waals surface area contributed by atoms with Gasteiger partial charge in [0, 0.05) is 6.42 Å². The van der Waals surface area contributed by atoms with E-state index in [1.54, 1.807) is 0 Å². The van der Waals surface area contributed by atoms with Crippen molar-refractivity contribution in [2.24, 2.45) is 5.92 Å². The fraction of sp³-hybridized carbons (Fsp3) is 0.706. The van der Waals surface area contributed by atoms with Gasteiger partial charge in [-0.1, -0.05) is 57.4 Å². The Bertz CT molecular complexity index is 266. The van der Waals surface area contributed by atoms with Crippen LogP contribution < -0.4 is 0 Å². The third kappa shape index (κ3) is 14.9. The highest BCUT2D eigenvalue weighted by Gasteiger charge is 1.96. The van der Waals surface area contributed by atoms with Crippen LogP contribution in [0.15, 0.2) is 24.3 Å².